The van der Waals surface area contributed by atoms with E-state index in [-0.39, 0.29) is 17.8 Å². The van der Waals surface area contributed by atoms with E-state index in [4.69, 9.17) is 9.84 Å². The first-order valence-corrected chi connectivity index (χ1v) is 11.5. The van der Waals surface area contributed by atoms with Gasteiger partial charge in [0.15, 0.2) is 0 Å². The molecule has 1 amide bonds. The van der Waals surface area contributed by atoms with Gasteiger partial charge in [-0.05, 0) is 53.6 Å². The summed E-state index contributed by atoms with van der Waals surface area (Å²) in [6.07, 6.45) is 0. The molecule has 4 aromatic carbocycles. The van der Waals surface area contributed by atoms with Crippen LogP contribution in [0.2, 0.25) is 0 Å². The number of nitrogens with zero attached hydrogens (tertiary/aromatic N) is 2. The highest BCUT2D eigenvalue weighted by Gasteiger charge is 2.23. The fourth-order valence-corrected chi connectivity index (χ4v) is 4.10. The van der Waals surface area contributed by atoms with Gasteiger partial charge >= 0.3 is 0 Å². The van der Waals surface area contributed by atoms with E-state index >= 15 is 0 Å². The predicted molar refractivity (Wildman–Crippen MR) is 138 cm³/mol. The lowest BCUT2D eigenvalue weighted by molar-refractivity contribution is 0.0935. The molecule has 0 saturated carbocycles. The maximum atomic E-state index is 13.8. The minimum atomic E-state index is -0.364. The highest BCUT2D eigenvalue weighted by molar-refractivity contribution is 5.95. The summed E-state index contributed by atoms with van der Waals surface area (Å²) in [6.45, 7) is 0. The van der Waals surface area contributed by atoms with Crippen molar-refractivity contribution in [3.05, 3.63) is 138 Å². The summed E-state index contributed by atoms with van der Waals surface area (Å²) in [4.78, 5) is 13.8. The van der Waals surface area contributed by atoms with Gasteiger partial charge in [0.1, 0.15) is 17.3 Å². The number of carbonyl (C=O) groups excluding carboxylic acids is 1. The number of hydrogen-bond donors (Lipinski definition) is 1. The Bertz CT molecular complexity index is 1430. The third-order valence-corrected chi connectivity index (χ3v) is 5.92. The Morgan fingerprint density at radius 2 is 1.47 bits per heavy atom. The fourth-order valence-electron chi connectivity index (χ4n) is 4.10. The Balaban J connectivity index is 1.57. The van der Waals surface area contributed by atoms with Crippen LogP contribution in [0.1, 0.15) is 27.7 Å². The van der Waals surface area contributed by atoms with Gasteiger partial charge in [-0.15, -0.1) is 0 Å². The Kier molecular flexibility index (Phi) is 6.58. The Morgan fingerprint density at radius 3 is 2.08 bits per heavy atom. The van der Waals surface area contributed by atoms with E-state index in [2.05, 4.69) is 5.32 Å². The van der Waals surface area contributed by atoms with Crippen LogP contribution in [0.4, 0.5) is 4.39 Å². The van der Waals surface area contributed by atoms with Gasteiger partial charge in [0, 0.05) is 5.56 Å². The molecular weight excluding hydrogens is 453 g/mol. The summed E-state index contributed by atoms with van der Waals surface area (Å²) in [5.41, 5.74) is 4.21. The van der Waals surface area contributed by atoms with Gasteiger partial charge < -0.3 is 10.1 Å². The summed E-state index contributed by atoms with van der Waals surface area (Å²) in [6, 6.07) is 34.3. The molecule has 1 N–H and O–H groups in total. The Hall–Kier alpha value is -4.71. The molecule has 5 aromatic rings. The molecule has 0 bridgehead atoms. The summed E-state index contributed by atoms with van der Waals surface area (Å²) >= 11 is 0. The van der Waals surface area contributed by atoms with Crippen LogP contribution in [0.5, 0.6) is 5.75 Å². The molecule has 1 heterocycles. The first-order chi connectivity index (χ1) is 17.6. The average Bonchev–Trinajstić information content (AvgIpc) is 3.39. The van der Waals surface area contributed by atoms with Crippen molar-refractivity contribution in [3.8, 4) is 22.7 Å². The number of rotatable bonds is 7. The lowest BCUT2D eigenvalue weighted by atomic mass is 9.98. The minimum Gasteiger partial charge on any atom is -0.497 e. The lowest BCUT2D eigenvalue weighted by Crippen LogP contribution is -2.31. The number of nitrogens with one attached hydrogen (secondary N) is 1. The monoisotopic (exact) mass is 477 g/mol. The number of methoxy groups -OCH3 is 1. The number of ether oxygens (including phenoxy) is 1. The van der Waals surface area contributed by atoms with Crippen molar-refractivity contribution in [2.75, 3.05) is 7.11 Å². The second-order valence-corrected chi connectivity index (χ2v) is 8.26. The number of halogens is 1. The van der Waals surface area contributed by atoms with Gasteiger partial charge in [0.05, 0.1) is 24.5 Å². The van der Waals surface area contributed by atoms with E-state index in [1.54, 1.807) is 25.3 Å². The maximum Gasteiger partial charge on any atom is 0.270 e. The molecule has 0 aliphatic rings. The molecular formula is C30H24FN3O2. The molecule has 0 atom stereocenters. The fraction of sp³-hybridized carbons (Fsp3) is 0.0667. The first kappa shape index (κ1) is 23.1. The molecule has 0 aliphatic heterocycles. The van der Waals surface area contributed by atoms with Crippen LogP contribution in [0.15, 0.2) is 115 Å². The van der Waals surface area contributed by atoms with E-state index < -0.39 is 0 Å². The van der Waals surface area contributed by atoms with E-state index in [9.17, 15) is 9.18 Å². The summed E-state index contributed by atoms with van der Waals surface area (Å²) < 4.78 is 20.5. The minimum absolute atomic E-state index is 0.307. The molecule has 178 valence electrons. The number of benzene rings is 4. The number of aromatic nitrogens is 2. The number of hydrogen-bond acceptors (Lipinski definition) is 3. The van der Waals surface area contributed by atoms with Crippen LogP contribution in [0, 0.1) is 5.82 Å². The smallest absolute Gasteiger partial charge is 0.270 e. The van der Waals surface area contributed by atoms with Gasteiger partial charge in [-0.1, -0.05) is 72.8 Å². The summed E-state index contributed by atoms with van der Waals surface area (Å²) in [5.74, 6) is 0.0138. The van der Waals surface area contributed by atoms with E-state index in [1.807, 2.05) is 84.9 Å². The average molecular weight is 478 g/mol. The molecule has 0 fully saturated rings. The van der Waals surface area contributed by atoms with Crippen molar-refractivity contribution in [2.45, 2.75) is 6.04 Å². The Labute approximate surface area is 208 Å². The second kappa shape index (κ2) is 10.3. The molecule has 1 aromatic heterocycles. The van der Waals surface area contributed by atoms with Crippen LogP contribution in [-0.4, -0.2) is 22.8 Å². The molecule has 36 heavy (non-hydrogen) atoms. The molecule has 0 unspecified atom stereocenters. The molecule has 0 aliphatic carbocycles. The van der Waals surface area contributed by atoms with Crippen LogP contribution in [-0.2, 0) is 0 Å². The van der Waals surface area contributed by atoms with Crippen LogP contribution in [0.25, 0.3) is 16.9 Å². The van der Waals surface area contributed by atoms with Crippen molar-refractivity contribution in [3.63, 3.8) is 0 Å². The van der Waals surface area contributed by atoms with Crippen LogP contribution < -0.4 is 10.1 Å². The first-order valence-electron chi connectivity index (χ1n) is 11.5. The highest BCUT2D eigenvalue weighted by Crippen LogP contribution is 2.27. The van der Waals surface area contributed by atoms with Crippen LogP contribution in [0.3, 0.4) is 0 Å². The summed E-state index contributed by atoms with van der Waals surface area (Å²) in [7, 11) is 1.60. The van der Waals surface area contributed by atoms with E-state index in [1.165, 1.54) is 16.8 Å². The van der Waals surface area contributed by atoms with E-state index in [0.717, 1.165) is 16.7 Å². The standard InChI is InChI=1S/C30H24FN3O2/c1-36-26-14-8-13-23(19-26)27-20-28(34(33-27)25-17-15-24(31)16-18-25)30(35)32-29(21-9-4-2-5-10-21)22-11-6-3-7-12-22/h2-20,29H,1H3,(H,32,35). The van der Waals surface area contributed by atoms with Crippen molar-refractivity contribution in [1.82, 2.24) is 15.1 Å². The lowest BCUT2D eigenvalue weighted by Gasteiger charge is -2.20. The number of amides is 1. The molecule has 5 nitrogen and oxygen atoms in total. The third-order valence-electron chi connectivity index (χ3n) is 5.92. The maximum absolute atomic E-state index is 13.8. The SMILES string of the molecule is COc1cccc(-c2cc(C(=O)NC(c3ccccc3)c3ccccc3)n(-c3ccc(F)cc3)n2)c1. The van der Waals surface area contributed by atoms with E-state index in [0.29, 0.717) is 22.8 Å². The van der Waals surface area contributed by atoms with Crippen molar-refractivity contribution in [2.24, 2.45) is 0 Å². The van der Waals surface area contributed by atoms with Crippen LogP contribution >= 0.6 is 0 Å². The quantitative estimate of drug-likeness (QED) is 0.303. The largest absolute Gasteiger partial charge is 0.497 e. The zero-order chi connectivity index (χ0) is 24.9. The van der Waals surface area contributed by atoms with Gasteiger partial charge in [0.2, 0.25) is 0 Å². The number of carbonyl (C=O) groups is 1. The zero-order valence-corrected chi connectivity index (χ0v) is 19.6. The highest BCUT2D eigenvalue weighted by atomic mass is 19.1. The summed E-state index contributed by atoms with van der Waals surface area (Å²) in [5, 5.41) is 7.88. The van der Waals surface area contributed by atoms with Gasteiger partial charge in [-0.2, -0.15) is 5.10 Å². The molecule has 6 heteroatoms. The normalized spacial score (nSPS) is 10.9. The Morgan fingerprint density at radius 1 is 0.833 bits per heavy atom. The molecule has 5 rings (SSSR count). The molecule has 0 spiro atoms. The second-order valence-electron chi connectivity index (χ2n) is 8.26. The van der Waals surface area contributed by atoms with Crippen molar-refractivity contribution in [1.29, 1.82) is 0 Å². The predicted octanol–water partition coefficient (Wildman–Crippen LogP) is 6.21. The van der Waals surface area contributed by atoms with Gasteiger partial charge in [-0.3, -0.25) is 4.79 Å². The third kappa shape index (κ3) is 4.88. The van der Waals surface area contributed by atoms with Crippen molar-refractivity contribution < 1.29 is 13.9 Å². The van der Waals surface area contributed by atoms with Gasteiger partial charge in [-0.25, -0.2) is 9.07 Å². The molecule has 0 saturated heterocycles. The van der Waals surface area contributed by atoms with Crippen molar-refractivity contribution >= 4 is 5.91 Å². The van der Waals surface area contributed by atoms with Gasteiger partial charge in [0.25, 0.3) is 5.91 Å². The molecule has 0 radical (unpaired) electrons. The topological polar surface area (TPSA) is 56.1 Å². The zero-order valence-electron chi connectivity index (χ0n) is 19.6.